The molecule has 2 N–H and O–H groups in total. The molecule has 0 bridgehead atoms. The molecule has 3 nitrogen and oxygen atoms in total. The van der Waals surface area contributed by atoms with Crippen molar-refractivity contribution in [2.75, 3.05) is 13.1 Å². The molecule has 0 spiro atoms. The monoisotopic (exact) mass is 233 g/mol. The summed E-state index contributed by atoms with van der Waals surface area (Å²) in [6.45, 7) is 3.80. The molecule has 17 heavy (non-hydrogen) atoms. The highest BCUT2D eigenvalue weighted by molar-refractivity contribution is 5.74. The molecular formula is C14H19NO2. The number of aldehydes is 1. The lowest BCUT2D eigenvalue weighted by Crippen LogP contribution is -2.39. The van der Waals surface area contributed by atoms with Gasteiger partial charge in [-0.2, -0.15) is 0 Å². The summed E-state index contributed by atoms with van der Waals surface area (Å²) in [6.07, 6.45) is 2.80. The van der Waals surface area contributed by atoms with Crippen molar-refractivity contribution in [1.29, 1.82) is 0 Å². The summed E-state index contributed by atoms with van der Waals surface area (Å²) in [5, 5.41) is 14.0. The number of piperidine rings is 1. The number of nitrogens with one attached hydrogen (secondary N) is 1. The zero-order valence-corrected chi connectivity index (χ0v) is 10.1. The molecule has 1 aliphatic heterocycles. The third kappa shape index (κ3) is 2.56. The largest absolute Gasteiger partial charge is 0.385 e. The Morgan fingerprint density at radius 3 is 2.41 bits per heavy atom. The van der Waals surface area contributed by atoms with Gasteiger partial charge in [0.2, 0.25) is 0 Å². The molecule has 0 aromatic heterocycles. The summed E-state index contributed by atoms with van der Waals surface area (Å²) in [5.74, 6) is 0.283. The zero-order chi connectivity index (χ0) is 12.3. The highest BCUT2D eigenvalue weighted by Gasteiger charge is 2.34. The van der Waals surface area contributed by atoms with Gasteiger partial charge in [-0.15, -0.1) is 0 Å². The van der Waals surface area contributed by atoms with Gasteiger partial charge in [0.15, 0.2) is 0 Å². The predicted octanol–water partition coefficient (Wildman–Crippen LogP) is 1.71. The van der Waals surface area contributed by atoms with Crippen LogP contribution >= 0.6 is 0 Å². The maximum atomic E-state index is 10.7. The summed E-state index contributed by atoms with van der Waals surface area (Å²) in [5.41, 5.74) is 0.744. The van der Waals surface area contributed by atoms with E-state index in [2.05, 4.69) is 5.32 Å². The van der Waals surface area contributed by atoms with E-state index in [1.54, 1.807) is 12.1 Å². The first-order chi connectivity index (χ1) is 8.14. The van der Waals surface area contributed by atoms with Gasteiger partial charge in [0.05, 0.1) is 5.60 Å². The summed E-state index contributed by atoms with van der Waals surface area (Å²) in [6, 6.07) is 7.23. The van der Waals surface area contributed by atoms with Crippen molar-refractivity contribution < 1.29 is 9.90 Å². The number of hydrogen-bond acceptors (Lipinski definition) is 3. The summed E-state index contributed by atoms with van der Waals surface area (Å²) >= 11 is 0. The van der Waals surface area contributed by atoms with Crippen LogP contribution in [0.5, 0.6) is 0 Å². The van der Waals surface area contributed by atoms with Gasteiger partial charge >= 0.3 is 0 Å². The second-order valence-corrected chi connectivity index (χ2v) is 4.91. The Morgan fingerprint density at radius 1 is 1.29 bits per heavy atom. The van der Waals surface area contributed by atoms with Crippen molar-refractivity contribution in [2.45, 2.75) is 25.4 Å². The fraction of sp³-hybridized carbons (Fsp3) is 0.500. The van der Waals surface area contributed by atoms with Crippen LogP contribution in [0, 0.1) is 5.92 Å². The molecule has 1 aliphatic rings. The lowest BCUT2D eigenvalue weighted by Gasteiger charge is -2.36. The second-order valence-electron chi connectivity index (χ2n) is 4.91. The van der Waals surface area contributed by atoms with Crippen LogP contribution in [-0.2, 0) is 5.60 Å². The molecule has 1 aromatic carbocycles. The Morgan fingerprint density at radius 2 is 1.88 bits per heavy atom. The third-order valence-electron chi connectivity index (χ3n) is 3.77. The average Bonchev–Trinajstić information content (AvgIpc) is 2.40. The number of carbonyl (C=O) groups excluding carboxylic acids is 1. The van der Waals surface area contributed by atoms with E-state index in [4.69, 9.17) is 0 Å². The SMILES string of the molecule is CC(O)(c1ccc(C=O)cc1)C1CCNCC1. The van der Waals surface area contributed by atoms with E-state index in [0.717, 1.165) is 37.8 Å². The number of hydrogen-bond donors (Lipinski definition) is 2. The zero-order valence-electron chi connectivity index (χ0n) is 10.1. The van der Waals surface area contributed by atoms with Gasteiger partial charge in [0.1, 0.15) is 6.29 Å². The van der Waals surface area contributed by atoms with E-state index in [0.29, 0.717) is 5.56 Å². The molecule has 3 heteroatoms. The molecule has 1 fully saturated rings. The summed E-state index contributed by atoms with van der Waals surface area (Å²) in [7, 11) is 0. The first-order valence-corrected chi connectivity index (χ1v) is 6.13. The van der Waals surface area contributed by atoms with Crippen molar-refractivity contribution in [3.63, 3.8) is 0 Å². The molecule has 0 saturated carbocycles. The third-order valence-corrected chi connectivity index (χ3v) is 3.77. The minimum Gasteiger partial charge on any atom is -0.385 e. The number of rotatable bonds is 3. The van der Waals surface area contributed by atoms with Crippen molar-refractivity contribution in [3.8, 4) is 0 Å². The Labute approximate surface area is 102 Å². The Balaban J connectivity index is 2.19. The van der Waals surface area contributed by atoms with Gasteiger partial charge in [0, 0.05) is 5.56 Å². The fourth-order valence-corrected chi connectivity index (χ4v) is 2.52. The lowest BCUT2D eigenvalue weighted by molar-refractivity contribution is -0.0186. The molecular weight excluding hydrogens is 214 g/mol. The summed E-state index contributed by atoms with van der Waals surface area (Å²) in [4.78, 5) is 10.6. The van der Waals surface area contributed by atoms with Gasteiger partial charge in [-0.3, -0.25) is 4.79 Å². The van der Waals surface area contributed by atoms with Gasteiger partial charge in [-0.05, 0) is 44.3 Å². The molecule has 1 atom stereocenters. The molecule has 1 saturated heterocycles. The fourth-order valence-electron chi connectivity index (χ4n) is 2.52. The van der Waals surface area contributed by atoms with E-state index in [1.165, 1.54) is 0 Å². The Hall–Kier alpha value is -1.19. The number of carbonyl (C=O) groups is 1. The maximum absolute atomic E-state index is 10.7. The predicted molar refractivity (Wildman–Crippen MR) is 67.0 cm³/mol. The van der Waals surface area contributed by atoms with E-state index in [1.807, 2.05) is 19.1 Å². The quantitative estimate of drug-likeness (QED) is 0.781. The van der Waals surface area contributed by atoms with E-state index >= 15 is 0 Å². The van der Waals surface area contributed by atoms with Crippen LogP contribution in [0.4, 0.5) is 0 Å². The molecule has 1 unspecified atom stereocenters. The van der Waals surface area contributed by atoms with Crippen LogP contribution in [0.3, 0.4) is 0 Å². The van der Waals surface area contributed by atoms with Gasteiger partial charge < -0.3 is 10.4 Å². The van der Waals surface area contributed by atoms with Crippen molar-refractivity contribution in [3.05, 3.63) is 35.4 Å². The van der Waals surface area contributed by atoms with Crippen LogP contribution < -0.4 is 5.32 Å². The van der Waals surface area contributed by atoms with E-state index < -0.39 is 5.60 Å². The van der Waals surface area contributed by atoms with Gasteiger partial charge in [-0.1, -0.05) is 24.3 Å². The van der Waals surface area contributed by atoms with Gasteiger partial charge in [-0.25, -0.2) is 0 Å². The minimum absolute atomic E-state index is 0.283. The van der Waals surface area contributed by atoms with Crippen LogP contribution in [0.1, 0.15) is 35.7 Å². The van der Waals surface area contributed by atoms with E-state index in [9.17, 15) is 9.90 Å². The molecule has 0 radical (unpaired) electrons. The highest BCUT2D eigenvalue weighted by Crippen LogP contribution is 2.34. The minimum atomic E-state index is -0.802. The molecule has 1 heterocycles. The number of aliphatic hydroxyl groups is 1. The molecule has 0 amide bonds. The van der Waals surface area contributed by atoms with Crippen molar-refractivity contribution in [2.24, 2.45) is 5.92 Å². The Bertz CT molecular complexity index is 378. The van der Waals surface area contributed by atoms with E-state index in [-0.39, 0.29) is 5.92 Å². The average molecular weight is 233 g/mol. The summed E-state index contributed by atoms with van der Waals surface area (Å²) < 4.78 is 0. The van der Waals surface area contributed by atoms with Crippen LogP contribution in [-0.4, -0.2) is 24.5 Å². The number of benzene rings is 1. The molecule has 0 aliphatic carbocycles. The second kappa shape index (κ2) is 4.98. The molecule has 1 aromatic rings. The van der Waals surface area contributed by atoms with Crippen LogP contribution in [0.2, 0.25) is 0 Å². The van der Waals surface area contributed by atoms with Gasteiger partial charge in [0.25, 0.3) is 0 Å². The molecule has 92 valence electrons. The van der Waals surface area contributed by atoms with Crippen LogP contribution in [0.25, 0.3) is 0 Å². The smallest absolute Gasteiger partial charge is 0.150 e. The Kier molecular flexibility index (Phi) is 3.60. The maximum Gasteiger partial charge on any atom is 0.150 e. The first kappa shape index (κ1) is 12.3. The van der Waals surface area contributed by atoms with Crippen LogP contribution in [0.15, 0.2) is 24.3 Å². The first-order valence-electron chi connectivity index (χ1n) is 6.13. The normalized spacial score (nSPS) is 20.8. The molecule has 2 rings (SSSR count). The standard InChI is InChI=1S/C14H19NO2/c1-14(17,13-6-8-15-9-7-13)12-4-2-11(10-16)3-5-12/h2-5,10,13,15,17H,6-9H2,1H3. The van der Waals surface area contributed by atoms with Crippen molar-refractivity contribution >= 4 is 6.29 Å². The lowest BCUT2D eigenvalue weighted by atomic mass is 9.77. The topological polar surface area (TPSA) is 49.3 Å². The van der Waals surface area contributed by atoms with Crippen molar-refractivity contribution in [1.82, 2.24) is 5.32 Å². The highest BCUT2D eigenvalue weighted by atomic mass is 16.3.